The van der Waals surface area contributed by atoms with Crippen molar-refractivity contribution in [1.29, 1.82) is 0 Å². The van der Waals surface area contributed by atoms with Gasteiger partial charge in [0.05, 0.1) is 14.2 Å². The molecule has 3 rings (SSSR count). The molecular weight excluding hydrogens is 350 g/mol. The average molecular weight is 373 g/mol. The lowest BCUT2D eigenvalue weighted by atomic mass is 9.90. The molecule has 0 atom stereocenters. The summed E-state index contributed by atoms with van der Waals surface area (Å²) < 4.78 is 10.5. The Kier molecular flexibility index (Phi) is 6.22. The van der Waals surface area contributed by atoms with Crippen LogP contribution in [0, 0.1) is 0 Å². The number of benzene rings is 1. The summed E-state index contributed by atoms with van der Waals surface area (Å²) in [5.74, 6) is 1.54. The quantitative estimate of drug-likeness (QED) is 0.766. The van der Waals surface area contributed by atoms with Crippen LogP contribution in [0.4, 0.5) is 5.13 Å². The van der Waals surface area contributed by atoms with Crippen LogP contribution in [0.3, 0.4) is 0 Å². The predicted octanol–water partition coefficient (Wildman–Crippen LogP) is 4.25. The first-order chi connectivity index (χ1) is 12.7. The van der Waals surface area contributed by atoms with Crippen LogP contribution in [0.15, 0.2) is 24.3 Å². The molecule has 2 aromatic rings. The van der Waals surface area contributed by atoms with Crippen molar-refractivity contribution in [3.8, 4) is 11.5 Å². The summed E-state index contributed by atoms with van der Waals surface area (Å²) >= 11 is 1.48. The van der Waals surface area contributed by atoms with Gasteiger partial charge in [0, 0.05) is 12.0 Å². The van der Waals surface area contributed by atoms with Gasteiger partial charge < -0.3 is 9.47 Å². The molecule has 1 heterocycles. The fraction of sp³-hybridized carbons (Fsp3) is 0.421. The Morgan fingerprint density at radius 3 is 2.65 bits per heavy atom. The smallest absolute Gasteiger partial charge is 0.250 e. The van der Waals surface area contributed by atoms with Gasteiger partial charge in [0.2, 0.25) is 11.0 Å². The Bertz CT molecular complexity index is 782. The highest BCUT2D eigenvalue weighted by molar-refractivity contribution is 7.15. The molecule has 7 heteroatoms. The van der Waals surface area contributed by atoms with Gasteiger partial charge in [-0.1, -0.05) is 36.7 Å². The molecule has 0 spiro atoms. The van der Waals surface area contributed by atoms with Gasteiger partial charge in [-0.2, -0.15) is 0 Å². The van der Waals surface area contributed by atoms with Gasteiger partial charge in [0.15, 0.2) is 11.5 Å². The Hall–Kier alpha value is -2.41. The normalized spacial score (nSPS) is 15.2. The number of methoxy groups -OCH3 is 2. The van der Waals surface area contributed by atoms with E-state index >= 15 is 0 Å². The number of ether oxygens (including phenoxy) is 2. The molecular formula is C19H23N3O3S. The van der Waals surface area contributed by atoms with Crippen LogP contribution in [0.2, 0.25) is 0 Å². The predicted molar refractivity (Wildman–Crippen MR) is 103 cm³/mol. The first-order valence-electron chi connectivity index (χ1n) is 8.74. The van der Waals surface area contributed by atoms with Crippen LogP contribution in [0.25, 0.3) is 6.08 Å². The van der Waals surface area contributed by atoms with Crippen molar-refractivity contribution in [3.05, 3.63) is 34.8 Å². The fourth-order valence-electron chi connectivity index (χ4n) is 3.08. The van der Waals surface area contributed by atoms with Crippen LogP contribution in [-0.2, 0) is 4.79 Å². The van der Waals surface area contributed by atoms with Gasteiger partial charge in [0.25, 0.3) is 0 Å². The second-order valence-corrected chi connectivity index (χ2v) is 7.23. The van der Waals surface area contributed by atoms with Crippen molar-refractivity contribution in [1.82, 2.24) is 10.2 Å². The minimum Gasteiger partial charge on any atom is -0.493 e. The van der Waals surface area contributed by atoms with Crippen molar-refractivity contribution < 1.29 is 14.3 Å². The molecule has 0 saturated heterocycles. The highest BCUT2D eigenvalue weighted by Gasteiger charge is 2.19. The third-order valence-electron chi connectivity index (χ3n) is 4.46. The number of carbonyl (C=O) groups excluding carboxylic acids is 1. The maximum absolute atomic E-state index is 12.1. The van der Waals surface area contributed by atoms with E-state index in [9.17, 15) is 4.79 Å². The summed E-state index contributed by atoms with van der Waals surface area (Å²) in [6, 6.07) is 5.48. The Morgan fingerprint density at radius 1 is 1.15 bits per heavy atom. The number of nitrogens with zero attached hydrogens (tertiary/aromatic N) is 2. The minimum absolute atomic E-state index is 0.230. The number of aromatic nitrogens is 2. The van der Waals surface area contributed by atoms with Gasteiger partial charge in [-0.3, -0.25) is 10.1 Å². The molecule has 1 aromatic carbocycles. The first-order valence-corrected chi connectivity index (χ1v) is 9.55. The van der Waals surface area contributed by atoms with Gasteiger partial charge in [-0.25, -0.2) is 0 Å². The van der Waals surface area contributed by atoms with Crippen molar-refractivity contribution >= 4 is 28.5 Å². The molecule has 0 aliphatic heterocycles. The van der Waals surface area contributed by atoms with E-state index < -0.39 is 0 Å². The Balaban J connectivity index is 1.60. The summed E-state index contributed by atoms with van der Waals surface area (Å²) in [4.78, 5) is 12.1. The Labute approximate surface area is 157 Å². The van der Waals surface area contributed by atoms with Crippen molar-refractivity contribution in [2.75, 3.05) is 19.5 Å². The van der Waals surface area contributed by atoms with E-state index in [0.717, 1.165) is 10.6 Å². The van der Waals surface area contributed by atoms with Gasteiger partial charge in [-0.15, -0.1) is 10.2 Å². The summed E-state index contributed by atoms with van der Waals surface area (Å²) in [5, 5.41) is 12.7. The monoisotopic (exact) mass is 373 g/mol. The van der Waals surface area contributed by atoms with Crippen LogP contribution in [0.5, 0.6) is 11.5 Å². The highest BCUT2D eigenvalue weighted by atomic mass is 32.1. The van der Waals surface area contributed by atoms with Gasteiger partial charge in [-0.05, 0) is 36.6 Å². The molecule has 0 radical (unpaired) electrons. The van der Waals surface area contributed by atoms with Crippen LogP contribution in [-0.4, -0.2) is 30.3 Å². The van der Waals surface area contributed by atoms with Crippen LogP contribution >= 0.6 is 11.3 Å². The molecule has 138 valence electrons. The average Bonchev–Trinajstić information content (AvgIpc) is 3.15. The summed E-state index contributed by atoms with van der Waals surface area (Å²) in [6.45, 7) is 0. The molecule has 1 amide bonds. The third kappa shape index (κ3) is 4.60. The topological polar surface area (TPSA) is 73.3 Å². The Morgan fingerprint density at radius 2 is 1.92 bits per heavy atom. The molecule has 26 heavy (non-hydrogen) atoms. The summed E-state index contributed by atoms with van der Waals surface area (Å²) in [6.07, 6.45) is 9.34. The largest absolute Gasteiger partial charge is 0.493 e. The molecule has 1 N–H and O–H groups in total. The standard InChI is InChI=1S/C19H23N3O3S/c1-24-15-10-8-13(12-16(15)25-2)9-11-17(23)20-19-22-21-18(26-19)14-6-4-3-5-7-14/h8-12,14H,3-7H2,1-2H3,(H,20,22,23). The van der Waals surface area contributed by atoms with E-state index in [-0.39, 0.29) is 5.91 Å². The maximum atomic E-state index is 12.1. The minimum atomic E-state index is -0.230. The van der Waals surface area contributed by atoms with Gasteiger partial charge in [0.1, 0.15) is 5.01 Å². The van der Waals surface area contributed by atoms with E-state index in [0.29, 0.717) is 22.5 Å². The highest BCUT2D eigenvalue weighted by Crippen LogP contribution is 2.35. The fourth-order valence-corrected chi connectivity index (χ4v) is 3.99. The molecule has 6 nitrogen and oxygen atoms in total. The van der Waals surface area contributed by atoms with E-state index in [1.807, 2.05) is 12.1 Å². The zero-order valence-electron chi connectivity index (χ0n) is 15.0. The van der Waals surface area contributed by atoms with E-state index in [2.05, 4.69) is 15.5 Å². The van der Waals surface area contributed by atoms with Crippen molar-refractivity contribution in [3.63, 3.8) is 0 Å². The SMILES string of the molecule is COc1ccc(C=CC(=O)Nc2nnc(C3CCCCC3)s2)cc1OC. The molecule has 1 fully saturated rings. The van der Waals surface area contributed by atoms with Crippen molar-refractivity contribution in [2.24, 2.45) is 0 Å². The molecule has 1 saturated carbocycles. The van der Waals surface area contributed by atoms with Crippen molar-refractivity contribution in [2.45, 2.75) is 38.0 Å². The lowest BCUT2D eigenvalue weighted by Gasteiger charge is -2.18. The third-order valence-corrected chi connectivity index (χ3v) is 5.46. The zero-order chi connectivity index (χ0) is 18.4. The van der Waals surface area contributed by atoms with E-state index in [1.54, 1.807) is 26.4 Å². The molecule has 1 aromatic heterocycles. The number of amides is 1. The second-order valence-electron chi connectivity index (χ2n) is 6.22. The molecule has 1 aliphatic carbocycles. The zero-order valence-corrected chi connectivity index (χ0v) is 15.8. The first kappa shape index (κ1) is 18.4. The number of anilines is 1. The number of nitrogens with one attached hydrogen (secondary N) is 1. The van der Waals surface area contributed by atoms with Crippen LogP contribution < -0.4 is 14.8 Å². The second kappa shape index (κ2) is 8.80. The maximum Gasteiger partial charge on any atom is 0.250 e. The number of rotatable bonds is 6. The lowest BCUT2D eigenvalue weighted by Crippen LogP contribution is -2.07. The summed E-state index contributed by atoms with van der Waals surface area (Å²) in [7, 11) is 3.17. The lowest BCUT2D eigenvalue weighted by molar-refractivity contribution is -0.111. The number of carbonyl (C=O) groups is 1. The van der Waals surface area contributed by atoms with E-state index in [1.165, 1.54) is 49.5 Å². The molecule has 1 aliphatic rings. The number of hydrogen-bond acceptors (Lipinski definition) is 6. The molecule has 0 unspecified atom stereocenters. The summed E-state index contributed by atoms with van der Waals surface area (Å²) in [5.41, 5.74) is 0.845. The van der Waals surface area contributed by atoms with E-state index in [4.69, 9.17) is 9.47 Å². The molecule has 0 bridgehead atoms. The van der Waals surface area contributed by atoms with Gasteiger partial charge >= 0.3 is 0 Å². The number of hydrogen-bond donors (Lipinski definition) is 1. The van der Waals surface area contributed by atoms with Crippen LogP contribution in [0.1, 0.15) is 48.6 Å².